The van der Waals surface area contributed by atoms with E-state index in [2.05, 4.69) is 20.7 Å². The molecule has 0 aliphatic carbocycles. The lowest BCUT2D eigenvalue weighted by Gasteiger charge is -2.05. The lowest BCUT2D eigenvalue weighted by Crippen LogP contribution is -2.14. The Morgan fingerprint density at radius 2 is 1.90 bits per heavy atom. The fourth-order valence-corrected chi connectivity index (χ4v) is 3.64. The summed E-state index contributed by atoms with van der Waals surface area (Å²) in [6, 6.07) is 14.3. The fourth-order valence-electron chi connectivity index (χ4n) is 2.81. The molecule has 8 nitrogen and oxygen atoms in total. The van der Waals surface area contributed by atoms with Crippen molar-refractivity contribution in [2.24, 2.45) is 0 Å². The molecule has 2 N–H and O–H groups in total. The number of ether oxygens (including phenoxy) is 1. The third kappa shape index (κ3) is 3.94. The molecule has 0 atom stereocenters. The molecule has 4 rings (SSSR count). The van der Waals surface area contributed by atoms with Gasteiger partial charge < -0.3 is 10.1 Å². The Balaban J connectivity index is 1.57. The monoisotopic (exact) mass is 407 g/mol. The fraction of sp³-hybridized carbons (Fsp3) is 0.100. The molecular formula is C20H17N5O3S. The Morgan fingerprint density at radius 1 is 1.10 bits per heavy atom. The van der Waals surface area contributed by atoms with Gasteiger partial charge in [-0.2, -0.15) is 4.98 Å². The van der Waals surface area contributed by atoms with Crippen molar-refractivity contribution in [1.29, 1.82) is 0 Å². The number of benzene rings is 2. The van der Waals surface area contributed by atoms with E-state index in [1.54, 1.807) is 35.9 Å². The van der Waals surface area contributed by atoms with Gasteiger partial charge in [-0.15, -0.1) is 16.4 Å². The second-order valence-corrected chi connectivity index (χ2v) is 7.03. The Hall–Kier alpha value is -3.72. The molecule has 2 aromatic carbocycles. The first-order valence-electron chi connectivity index (χ1n) is 8.71. The van der Waals surface area contributed by atoms with Crippen LogP contribution in [0.5, 0.6) is 5.75 Å². The zero-order valence-corrected chi connectivity index (χ0v) is 16.5. The van der Waals surface area contributed by atoms with Crippen LogP contribution in [-0.4, -0.2) is 33.5 Å². The third-order valence-corrected chi connectivity index (χ3v) is 4.95. The molecule has 2 heterocycles. The zero-order chi connectivity index (χ0) is 20.4. The number of methoxy groups -OCH3 is 1. The van der Waals surface area contributed by atoms with Gasteiger partial charge >= 0.3 is 0 Å². The van der Waals surface area contributed by atoms with Crippen molar-refractivity contribution >= 4 is 39.7 Å². The molecule has 0 spiro atoms. The second kappa shape index (κ2) is 7.72. The summed E-state index contributed by atoms with van der Waals surface area (Å²) in [6.45, 7) is 1.41. The van der Waals surface area contributed by atoms with E-state index in [0.29, 0.717) is 16.2 Å². The van der Waals surface area contributed by atoms with E-state index < -0.39 is 0 Å². The van der Waals surface area contributed by atoms with Gasteiger partial charge in [0, 0.05) is 29.1 Å². The molecule has 29 heavy (non-hydrogen) atoms. The van der Waals surface area contributed by atoms with E-state index in [4.69, 9.17) is 4.74 Å². The first-order valence-corrected chi connectivity index (χ1v) is 9.59. The van der Waals surface area contributed by atoms with E-state index in [1.807, 2.05) is 29.6 Å². The van der Waals surface area contributed by atoms with Crippen molar-refractivity contribution in [3.8, 4) is 17.0 Å². The highest BCUT2D eigenvalue weighted by Gasteiger charge is 2.15. The van der Waals surface area contributed by atoms with Crippen LogP contribution in [0.25, 0.3) is 16.2 Å². The Labute approximate surface area is 170 Å². The molecule has 9 heteroatoms. The van der Waals surface area contributed by atoms with Gasteiger partial charge in [-0.3, -0.25) is 14.9 Å². The number of thiazole rings is 1. The van der Waals surface area contributed by atoms with Crippen LogP contribution >= 0.6 is 11.3 Å². The van der Waals surface area contributed by atoms with Crippen LogP contribution in [0.15, 0.2) is 53.9 Å². The summed E-state index contributed by atoms with van der Waals surface area (Å²) in [4.78, 5) is 28.8. The smallest absolute Gasteiger partial charge is 0.258 e. The summed E-state index contributed by atoms with van der Waals surface area (Å²) in [6.07, 6.45) is 0. The SMILES string of the molecule is COc1ccc(-c2csc3nc(NC(=O)c4cccc(NC(C)=O)c4)nn23)cc1. The quantitative estimate of drug-likeness (QED) is 0.526. The second-order valence-electron chi connectivity index (χ2n) is 6.20. The highest BCUT2D eigenvalue weighted by Crippen LogP contribution is 2.27. The Bertz CT molecular complexity index is 1200. The summed E-state index contributed by atoms with van der Waals surface area (Å²) >= 11 is 1.43. The molecule has 0 radical (unpaired) electrons. The van der Waals surface area contributed by atoms with Gasteiger partial charge in [0.1, 0.15) is 5.75 Å². The maximum absolute atomic E-state index is 12.6. The molecule has 2 aromatic heterocycles. The van der Waals surface area contributed by atoms with Gasteiger partial charge in [0.2, 0.25) is 10.9 Å². The Morgan fingerprint density at radius 3 is 2.62 bits per heavy atom. The van der Waals surface area contributed by atoms with Crippen LogP contribution in [0.1, 0.15) is 17.3 Å². The number of nitrogens with zero attached hydrogens (tertiary/aromatic N) is 3. The van der Waals surface area contributed by atoms with E-state index >= 15 is 0 Å². The highest BCUT2D eigenvalue weighted by molar-refractivity contribution is 7.15. The van der Waals surface area contributed by atoms with Gasteiger partial charge in [-0.05, 0) is 42.5 Å². The normalized spacial score (nSPS) is 10.7. The zero-order valence-electron chi connectivity index (χ0n) is 15.7. The van der Waals surface area contributed by atoms with Crippen LogP contribution in [0, 0.1) is 0 Å². The number of hydrogen-bond donors (Lipinski definition) is 2. The molecule has 0 unspecified atom stereocenters. The van der Waals surface area contributed by atoms with Crippen LogP contribution in [0.2, 0.25) is 0 Å². The number of hydrogen-bond acceptors (Lipinski definition) is 6. The van der Waals surface area contributed by atoms with Gasteiger partial charge in [-0.25, -0.2) is 4.52 Å². The maximum atomic E-state index is 12.6. The first kappa shape index (κ1) is 18.6. The molecule has 2 amide bonds. The minimum atomic E-state index is -0.360. The minimum absolute atomic E-state index is 0.204. The number of anilines is 2. The van der Waals surface area contributed by atoms with Crippen LogP contribution < -0.4 is 15.4 Å². The number of nitrogens with one attached hydrogen (secondary N) is 2. The van der Waals surface area contributed by atoms with Crippen LogP contribution in [-0.2, 0) is 4.79 Å². The summed E-state index contributed by atoms with van der Waals surface area (Å²) < 4.78 is 6.88. The molecule has 0 bridgehead atoms. The van der Waals surface area contributed by atoms with Crippen LogP contribution in [0.4, 0.5) is 11.6 Å². The van der Waals surface area contributed by atoms with Crippen molar-refractivity contribution in [2.75, 3.05) is 17.7 Å². The summed E-state index contributed by atoms with van der Waals surface area (Å²) in [5.74, 6) is 0.417. The molecule has 0 fully saturated rings. The molecule has 0 aliphatic heterocycles. The highest BCUT2D eigenvalue weighted by atomic mass is 32.1. The van der Waals surface area contributed by atoms with Gasteiger partial charge in [-0.1, -0.05) is 6.07 Å². The number of carbonyl (C=O) groups is 2. The predicted molar refractivity (Wildman–Crippen MR) is 112 cm³/mol. The van der Waals surface area contributed by atoms with E-state index in [-0.39, 0.29) is 17.8 Å². The standard InChI is InChI=1S/C20H17N5O3S/c1-12(26)21-15-5-3-4-14(10-15)18(27)22-19-23-20-25(24-19)17(11-29-20)13-6-8-16(28-2)9-7-13/h3-11H,1-2H3,(H,21,26)(H,22,24,27). The molecule has 0 saturated carbocycles. The minimum Gasteiger partial charge on any atom is -0.497 e. The summed E-state index contributed by atoms with van der Waals surface area (Å²) in [5.41, 5.74) is 2.77. The lowest BCUT2D eigenvalue weighted by molar-refractivity contribution is -0.114. The predicted octanol–water partition coefficient (Wildman–Crippen LogP) is 3.68. The molecule has 146 valence electrons. The summed E-state index contributed by atoms with van der Waals surface area (Å²) in [7, 11) is 1.62. The topological polar surface area (TPSA) is 97.6 Å². The number of aromatic nitrogens is 3. The molecular weight excluding hydrogens is 390 g/mol. The van der Waals surface area contributed by atoms with Crippen molar-refractivity contribution < 1.29 is 14.3 Å². The third-order valence-electron chi connectivity index (χ3n) is 4.14. The number of amides is 2. The molecule has 0 aliphatic rings. The van der Waals surface area contributed by atoms with Crippen molar-refractivity contribution in [3.05, 3.63) is 59.5 Å². The van der Waals surface area contributed by atoms with E-state index in [1.165, 1.54) is 18.3 Å². The number of carbonyl (C=O) groups excluding carboxylic acids is 2. The summed E-state index contributed by atoms with van der Waals surface area (Å²) in [5, 5.41) is 11.7. The molecule has 0 saturated heterocycles. The van der Waals surface area contributed by atoms with Crippen molar-refractivity contribution in [3.63, 3.8) is 0 Å². The number of rotatable bonds is 5. The van der Waals surface area contributed by atoms with Crippen molar-refractivity contribution in [1.82, 2.24) is 14.6 Å². The first-order chi connectivity index (χ1) is 14.0. The van der Waals surface area contributed by atoms with E-state index in [0.717, 1.165) is 17.0 Å². The Kier molecular flexibility index (Phi) is 4.96. The van der Waals surface area contributed by atoms with Crippen LogP contribution in [0.3, 0.4) is 0 Å². The lowest BCUT2D eigenvalue weighted by atomic mass is 10.2. The average Bonchev–Trinajstić information content (AvgIpc) is 3.28. The largest absolute Gasteiger partial charge is 0.497 e. The van der Waals surface area contributed by atoms with Gasteiger partial charge in [0.05, 0.1) is 12.8 Å². The average molecular weight is 407 g/mol. The van der Waals surface area contributed by atoms with Crippen molar-refractivity contribution in [2.45, 2.75) is 6.92 Å². The molecule has 4 aromatic rings. The van der Waals surface area contributed by atoms with E-state index in [9.17, 15) is 9.59 Å². The van der Waals surface area contributed by atoms with Gasteiger partial charge in [0.25, 0.3) is 11.9 Å². The maximum Gasteiger partial charge on any atom is 0.258 e. The number of fused-ring (bicyclic) bond motifs is 1. The van der Waals surface area contributed by atoms with Gasteiger partial charge in [0.15, 0.2) is 0 Å².